The number of halogens is 1. The highest BCUT2D eigenvalue weighted by atomic mass is 35.5. The van der Waals surface area contributed by atoms with Gasteiger partial charge in [-0.3, -0.25) is 9.10 Å². The van der Waals surface area contributed by atoms with Gasteiger partial charge < -0.3 is 5.32 Å². The number of hydrogen-bond donors (Lipinski definition) is 1. The van der Waals surface area contributed by atoms with Crippen molar-refractivity contribution in [1.82, 2.24) is 4.31 Å². The Morgan fingerprint density at radius 2 is 1.44 bits per heavy atom. The van der Waals surface area contributed by atoms with Crippen LogP contribution in [-0.4, -0.2) is 46.7 Å². The van der Waals surface area contributed by atoms with Gasteiger partial charge in [-0.2, -0.15) is 4.31 Å². The fraction of sp³-hybridized carbons (Fsp3) is 0.321. The van der Waals surface area contributed by atoms with E-state index in [0.29, 0.717) is 48.9 Å². The number of aryl methyl sites for hydroxylation is 1. The number of fused-ring (bicyclic) bond motifs is 1. The number of sulfonamides is 2. The van der Waals surface area contributed by atoms with Crippen LogP contribution in [0.3, 0.4) is 0 Å². The van der Waals surface area contributed by atoms with Crippen molar-refractivity contribution in [3.05, 3.63) is 82.9 Å². The summed E-state index contributed by atoms with van der Waals surface area (Å²) in [6, 6.07) is 18.1. The first-order valence-corrected chi connectivity index (χ1v) is 16.2. The number of benzene rings is 3. The monoisotopic (exact) mass is 587 g/mol. The topological polar surface area (TPSA) is 104 Å². The number of amides is 1. The Balaban J connectivity index is 1.21. The molecule has 1 amide bonds. The number of anilines is 2. The highest BCUT2D eigenvalue weighted by Crippen LogP contribution is 2.35. The van der Waals surface area contributed by atoms with Crippen molar-refractivity contribution in [3.8, 4) is 0 Å². The minimum absolute atomic E-state index is 0.156. The van der Waals surface area contributed by atoms with E-state index in [1.165, 1.54) is 20.7 Å². The molecule has 2 heterocycles. The van der Waals surface area contributed by atoms with Crippen molar-refractivity contribution >= 4 is 48.9 Å². The lowest BCUT2D eigenvalue weighted by Gasteiger charge is -2.25. The van der Waals surface area contributed by atoms with Gasteiger partial charge in [-0.1, -0.05) is 36.2 Å². The van der Waals surface area contributed by atoms with Crippen LogP contribution in [0.4, 0.5) is 11.4 Å². The predicted octanol–water partition coefficient (Wildman–Crippen LogP) is 4.84. The van der Waals surface area contributed by atoms with Gasteiger partial charge >= 0.3 is 0 Å². The third-order valence-corrected chi connectivity index (χ3v) is 11.1. The van der Waals surface area contributed by atoms with Gasteiger partial charge in [0, 0.05) is 36.8 Å². The molecule has 0 bridgehead atoms. The van der Waals surface area contributed by atoms with Crippen molar-refractivity contribution in [2.75, 3.05) is 29.3 Å². The first kappa shape index (κ1) is 27.6. The van der Waals surface area contributed by atoms with E-state index in [1.54, 1.807) is 48.5 Å². The van der Waals surface area contributed by atoms with Gasteiger partial charge in [-0.25, -0.2) is 16.8 Å². The molecule has 3 aromatic rings. The third kappa shape index (κ3) is 5.99. The Kier molecular flexibility index (Phi) is 8.00. The summed E-state index contributed by atoms with van der Waals surface area (Å²) in [5.41, 5.74) is 2.82. The molecule has 0 unspecified atom stereocenters. The standard InChI is InChI=1S/C28H30ClN3O5S2/c29-23-8-13-26(14-9-23)39(36,37)32-19-16-22-7-10-24(20-27(22)32)30-28(33)15-6-21-4-11-25(12-5-21)38(34,35)31-17-2-1-3-18-31/h4-5,7-14,20H,1-3,6,15-19H2,(H,30,33). The summed E-state index contributed by atoms with van der Waals surface area (Å²) in [6.07, 6.45) is 4.04. The van der Waals surface area contributed by atoms with Crippen LogP contribution in [0.15, 0.2) is 76.5 Å². The van der Waals surface area contributed by atoms with Gasteiger partial charge in [0.15, 0.2) is 0 Å². The maximum atomic E-state index is 13.2. The summed E-state index contributed by atoms with van der Waals surface area (Å²) >= 11 is 5.92. The molecule has 39 heavy (non-hydrogen) atoms. The number of carbonyl (C=O) groups excluding carboxylic acids is 1. The van der Waals surface area contributed by atoms with Crippen LogP contribution in [0.25, 0.3) is 0 Å². The van der Waals surface area contributed by atoms with Gasteiger partial charge in [0.2, 0.25) is 15.9 Å². The van der Waals surface area contributed by atoms with Gasteiger partial charge in [0.05, 0.1) is 15.5 Å². The lowest BCUT2D eigenvalue weighted by molar-refractivity contribution is -0.116. The molecule has 0 aromatic heterocycles. The molecule has 206 valence electrons. The SMILES string of the molecule is O=C(CCc1ccc(S(=O)(=O)N2CCCCC2)cc1)Nc1ccc2c(c1)N(S(=O)(=O)c1ccc(Cl)cc1)CC2. The second kappa shape index (κ2) is 11.3. The molecule has 2 aliphatic heterocycles. The minimum atomic E-state index is -3.77. The molecule has 1 saturated heterocycles. The molecule has 0 saturated carbocycles. The second-order valence-electron chi connectivity index (χ2n) is 9.78. The Labute approximate surface area is 234 Å². The average molecular weight is 588 g/mol. The summed E-state index contributed by atoms with van der Waals surface area (Å²) in [7, 11) is -7.25. The normalized spacial score (nSPS) is 16.2. The number of hydrogen-bond acceptors (Lipinski definition) is 5. The molecule has 0 atom stereocenters. The molecule has 1 N–H and O–H groups in total. The van der Waals surface area contributed by atoms with Crippen molar-refractivity contribution in [3.63, 3.8) is 0 Å². The summed E-state index contributed by atoms with van der Waals surface area (Å²) in [4.78, 5) is 13.1. The molecule has 0 radical (unpaired) electrons. The molecule has 1 fully saturated rings. The van der Waals surface area contributed by atoms with Crippen LogP contribution in [0.1, 0.15) is 36.8 Å². The van der Waals surface area contributed by atoms with Crippen LogP contribution < -0.4 is 9.62 Å². The molecule has 0 spiro atoms. The highest BCUT2D eigenvalue weighted by Gasteiger charge is 2.31. The quantitative estimate of drug-likeness (QED) is 0.406. The zero-order chi connectivity index (χ0) is 27.6. The first-order valence-electron chi connectivity index (χ1n) is 12.9. The number of rotatable bonds is 8. The summed E-state index contributed by atoms with van der Waals surface area (Å²) in [5, 5.41) is 3.32. The Bertz CT molecular complexity index is 1570. The average Bonchev–Trinajstić information content (AvgIpc) is 3.37. The van der Waals surface area contributed by atoms with Crippen molar-refractivity contribution in [2.24, 2.45) is 0 Å². The van der Waals surface area contributed by atoms with Crippen LogP contribution >= 0.6 is 11.6 Å². The molecule has 8 nitrogen and oxygen atoms in total. The van der Waals surface area contributed by atoms with E-state index >= 15 is 0 Å². The number of nitrogens with zero attached hydrogens (tertiary/aromatic N) is 2. The Hall–Kier alpha value is -2.92. The zero-order valence-corrected chi connectivity index (χ0v) is 23.7. The Morgan fingerprint density at radius 1 is 0.795 bits per heavy atom. The predicted molar refractivity (Wildman–Crippen MR) is 152 cm³/mol. The fourth-order valence-electron chi connectivity index (χ4n) is 4.97. The van der Waals surface area contributed by atoms with Crippen LogP contribution in [0, 0.1) is 0 Å². The number of nitrogens with one attached hydrogen (secondary N) is 1. The largest absolute Gasteiger partial charge is 0.326 e. The van der Waals surface area contributed by atoms with Crippen molar-refractivity contribution in [2.45, 2.75) is 48.3 Å². The van der Waals surface area contributed by atoms with E-state index in [9.17, 15) is 21.6 Å². The van der Waals surface area contributed by atoms with Gasteiger partial charge in [0.1, 0.15) is 0 Å². The zero-order valence-electron chi connectivity index (χ0n) is 21.3. The van der Waals surface area contributed by atoms with E-state index in [1.807, 2.05) is 6.07 Å². The molecular formula is C28H30ClN3O5S2. The van der Waals surface area contributed by atoms with Crippen LogP contribution in [0.5, 0.6) is 0 Å². The van der Waals surface area contributed by atoms with Crippen LogP contribution in [0.2, 0.25) is 5.02 Å². The maximum absolute atomic E-state index is 13.2. The maximum Gasteiger partial charge on any atom is 0.264 e. The minimum Gasteiger partial charge on any atom is -0.326 e. The van der Waals surface area contributed by atoms with Gasteiger partial charge in [-0.15, -0.1) is 0 Å². The third-order valence-electron chi connectivity index (χ3n) is 7.14. The highest BCUT2D eigenvalue weighted by molar-refractivity contribution is 7.92. The number of piperidine rings is 1. The van der Waals surface area contributed by atoms with E-state index < -0.39 is 20.0 Å². The molecular weight excluding hydrogens is 558 g/mol. The fourth-order valence-corrected chi connectivity index (χ4v) is 8.11. The van der Waals surface area contributed by atoms with E-state index in [-0.39, 0.29) is 22.1 Å². The molecule has 3 aromatic carbocycles. The van der Waals surface area contributed by atoms with Gasteiger partial charge in [0.25, 0.3) is 10.0 Å². The molecule has 5 rings (SSSR count). The summed E-state index contributed by atoms with van der Waals surface area (Å²) < 4.78 is 55.1. The van der Waals surface area contributed by atoms with E-state index in [2.05, 4.69) is 5.32 Å². The smallest absolute Gasteiger partial charge is 0.264 e. The van der Waals surface area contributed by atoms with E-state index in [4.69, 9.17) is 11.6 Å². The van der Waals surface area contributed by atoms with Gasteiger partial charge in [-0.05, 0) is 85.3 Å². The molecule has 0 aliphatic carbocycles. The molecule has 2 aliphatic rings. The lowest BCUT2D eigenvalue weighted by atomic mass is 10.1. The summed E-state index contributed by atoms with van der Waals surface area (Å²) in [6.45, 7) is 1.43. The summed E-state index contributed by atoms with van der Waals surface area (Å²) in [5.74, 6) is -0.218. The lowest BCUT2D eigenvalue weighted by Crippen LogP contribution is -2.35. The van der Waals surface area contributed by atoms with Crippen molar-refractivity contribution < 1.29 is 21.6 Å². The van der Waals surface area contributed by atoms with E-state index in [0.717, 1.165) is 30.4 Å². The van der Waals surface area contributed by atoms with Crippen molar-refractivity contribution in [1.29, 1.82) is 0 Å². The number of carbonyl (C=O) groups is 1. The Morgan fingerprint density at radius 3 is 2.13 bits per heavy atom. The first-order chi connectivity index (χ1) is 18.6. The molecule has 11 heteroatoms. The van der Waals surface area contributed by atoms with Crippen LogP contribution in [-0.2, 0) is 37.7 Å². The second-order valence-corrected chi connectivity index (χ2v) is 14.0.